The topological polar surface area (TPSA) is 81.4 Å². The van der Waals surface area contributed by atoms with Crippen molar-refractivity contribution in [3.63, 3.8) is 0 Å². The summed E-state index contributed by atoms with van der Waals surface area (Å²) in [6.45, 7) is 0. The molecule has 1 N–H and O–H groups in total. The van der Waals surface area contributed by atoms with Crippen molar-refractivity contribution >= 4 is 34.7 Å². The number of thioether (sulfide) groups is 1. The normalized spacial score (nSPS) is 11.1. The van der Waals surface area contributed by atoms with Gasteiger partial charge in [-0.15, -0.1) is 10.2 Å². The van der Waals surface area contributed by atoms with Crippen molar-refractivity contribution in [2.45, 2.75) is 5.16 Å². The number of carbonyl (C=O) groups is 1. The standard InChI is InChI=1S/C28H23N5O2S/c1-35-24-16-14-21(15-17-24)27-31-32-28(33(27)23-11-3-2-4-12-23)36-19-26(34)30-29-18-22-10-7-9-20-8-5-6-13-25(20)22/h2-18H,19H2,1H3,(H,30,34)/b29-18+. The number of benzene rings is 4. The first-order valence-electron chi connectivity index (χ1n) is 11.3. The summed E-state index contributed by atoms with van der Waals surface area (Å²) in [6, 6.07) is 31.5. The second-order valence-electron chi connectivity index (χ2n) is 7.86. The quantitative estimate of drug-likeness (QED) is 0.179. The molecule has 0 aliphatic rings. The van der Waals surface area contributed by atoms with Crippen molar-refractivity contribution in [1.29, 1.82) is 0 Å². The lowest BCUT2D eigenvalue weighted by molar-refractivity contribution is -0.118. The number of fused-ring (bicyclic) bond motifs is 1. The number of rotatable bonds is 8. The number of hydrogen-bond donors (Lipinski definition) is 1. The molecule has 0 atom stereocenters. The second kappa shape index (κ2) is 10.9. The third kappa shape index (κ3) is 5.13. The van der Waals surface area contributed by atoms with E-state index in [1.54, 1.807) is 13.3 Å². The fourth-order valence-electron chi connectivity index (χ4n) is 3.80. The predicted molar refractivity (Wildman–Crippen MR) is 144 cm³/mol. The molecule has 0 fully saturated rings. The zero-order valence-corrected chi connectivity index (χ0v) is 20.4. The first-order chi connectivity index (χ1) is 17.7. The third-order valence-corrected chi connectivity index (χ3v) is 6.47. The third-order valence-electron chi connectivity index (χ3n) is 5.54. The van der Waals surface area contributed by atoms with Crippen LogP contribution in [0.4, 0.5) is 0 Å². The Morgan fingerprint density at radius 1 is 0.944 bits per heavy atom. The van der Waals surface area contributed by atoms with Gasteiger partial charge in [-0.05, 0) is 47.2 Å². The largest absolute Gasteiger partial charge is 0.497 e. The van der Waals surface area contributed by atoms with Crippen LogP contribution in [0, 0.1) is 0 Å². The number of amides is 1. The summed E-state index contributed by atoms with van der Waals surface area (Å²) in [4.78, 5) is 12.5. The Bertz CT molecular complexity index is 1510. The van der Waals surface area contributed by atoms with Crippen molar-refractivity contribution in [3.05, 3.63) is 103 Å². The molecular weight excluding hydrogens is 470 g/mol. The zero-order valence-electron chi connectivity index (χ0n) is 19.5. The number of hydrogen-bond acceptors (Lipinski definition) is 6. The van der Waals surface area contributed by atoms with Crippen LogP contribution in [0.1, 0.15) is 5.56 Å². The van der Waals surface area contributed by atoms with Crippen molar-refractivity contribution < 1.29 is 9.53 Å². The Kier molecular flexibility index (Phi) is 7.05. The van der Waals surface area contributed by atoms with Crippen molar-refractivity contribution in [1.82, 2.24) is 20.2 Å². The monoisotopic (exact) mass is 493 g/mol. The fraction of sp³-hybridized carbons (Fsp3) is 0.0714. The van der Waals surface area contributed by atoms with Gasteiger partial charge in [-0.25, -0.2) is 5.43 Å². The highest BCUT2D eigenvalue weighted by molar-refractivity contribution is 7.99. The van der Waals surface area contributed by atoms with Crippen LogP contribution < -0.4 is 10.2 Å². The molecule has 4 aromatic carbocycles. The highest BCUT2D eigenvalue weighted by atomic mass is 32.2. The number of nitrogens with one attached hydrogen (secondary N) is 1. The number of hydrazone groups is 1. The Hall–Kier alpha value is -4.43. The van der Waals surface area contributed by atoms with Crippen molar-refractivity contribution in [2.75, 3.05) is 12.9 Å². The Morgan fingerprint density at radius 3 is 2.50 bits per heavy atom. The molecule has 36 heavy (non-hydrogen) atoms. The summed E-state index contributed by atoms with van der Waals surface area (Å²) < 4.78 is 7.21. The molecule has 1 aromatic heterocycles. The first kappa shape index (κ1) is 23.3. The Balaban J connectivity index is 1.31. The average Bonchev–Trinajstić information content (AvgIpc) is 3.36. The Labute approximate surface area is 212 Å². The number of carbonyl (C=O) groups excluding carboxylic acids is 1. The van der Waals surface area contributed by atoms with Gasteiger partial charge in [0.05, 0.1) is 19.1 Å². The van der Waals surface area contributed by atoms with Crippen molar-refractivity contribution in [3.8, 4) is 22.8 Å². The van der Waals surface area contributed by atoms with Gasteiger partial charge in [-0.3, -0.25) is 9.36 Å². The van der Waals surface area contributed by atoms with Crippen LogP contribution in [0.3, 0.4) is 0 Å². The minimum Gasteiger partial charge on any atom is -0.497 e. The number of para-hydroxylation sites is 1. The molecule has 0 saturated heterocycles. The molecule has 0 unspecified atom stereocenters. The first-order valence-corrected chi connectivity index (χ1v) is 12.3. The molecular formula is C28H23N5O2S. The molecule has 0 radical (unpaired) electrons. The van der Waals surface area contributed by atoms with Gasteiger partial charge in [0.15, 0.2) is 11.0 Å². The van der Waals surface area contributed by atoms with E-state index in [2.05, 4.69) is 20.7 Å². The maximum Gasteiger partial charge on any atom is 0.250 e. The molecule has 0 saturated carbocycles. The van der Waals surface area contributed by atoms with Crippen LogP contribution in [0.2, 0.25) is 0 Å². The van der Waals surface area contributed by atoms with Crippen LogP contribution in [-0.4, -0.2) is 39.7 Å². The summed E-state index contributed by atoms with van der Waals surface area (Å²) in [7, 11) is 1.63. The molecule has 0 spiro atoms. The van der Waals surface area contributed by atoms with E-state index in [9.17, 15) is 4.79 Å². The van der Waals surface area contributed by atoms with Crippen molar-refractivity contribution in [2.24, 2.45) is 5.10 Å². The van der Waals surface area contributed by atoms with Crippen LogP contribution in [0.25, 0.3) is 27.8 Å². The highest BCUT2D eigenvalue weighted by Gasteiger charge is 2.17. The van der Waals surface area contributed by atoms with Gasteiger partial charge in [0.25, 0.3) is 5.91 Å². The SMILES string of the molecule is COc1ccc(-c2nnc(SCC(=O)N/N=C/c3cccc4ccccc34)n2-c2ccccc2)cc1. The number of ether oxygens (including phenoxy) is 1. The molecule has 1 amide bonds. The summed E-state index contributed by atoms with van der Waals surface area (Å²) >= 11 is 1.30. The molecule has 0 aliphatic carbocycles. The second-order valence-corrected chi connectivity index (χ2v) is 8.80. The summed E-state index contributed by atoms with van der Waals surface area (Å²) in [5, 5.41) is 15.8. The molecule has 0 aliphatic heterocycles. The van der Waals surface area contributed by atoms with Gasteiger partial charge in [0, 0.05) is 16.8 Å². The minimum atomic E-state index is -0.231. The maximum atomic E-state index is 12.5. The van der Waals surface area contributed by atoms with Gasteiger partial charge >= 0.3 is 0 Å². The zero-order chi connectivity index (χ0) is 24.7. The predicted octanol–water partition coefficient (Wildman–Crippen LogP) is 5.34. The van der Waals surface area contributed by atoms with E-state index < -0.39 is 0 Å². The number of nitrogens with zero attached hydrogens (tertiary/aromatic N) is 4. The van der Waals surface area contributed by atoms with E-state index in [0.717, 1.165) is 33.3 Å². The maximum absolute atomic E-state index is 12.5. The Morgan fingerprint density at radius 2 is 1.69 bits per heavy atom. The van der Waals surface area contributed by atoms with E-state index >= 15 is 0 Å². The highest BCUT2D eigenvalue weighted by Crippen LogP contribution is 2.29. The van der Waals surface area contributed by atoms with E-state index in [1.807, 2.05) is 102 Å². The summed E-state index contributed by atoms with van der Waals surface area (Å²) in [6.07, 6.45) is 1.67. The molecule has 0 bridgehead atoms. The fourth-order valence-corrected chi connectivity index (χ4v) is 4.54. The average molecular weight is 494 g/mol. The summed E-state index contributed by atoms with van der Waals surface area (Å²) in [5.41, 5.74) is 5.35. The van der Waals surface area contributed by atoms with E-state index in [1.165, 1.54) is 11.8 Å². The van der Waals surface area contributed by atoms with Crippen LogP contribution in [0.5, 0.6) is 5.75 Å². The molecule has 5 rings (SSSR count). The van der Waals surface area contributed by atoms with Gasteiger partial charge in [0.1, 0.15) is 5.75 Å². The lowest BCUT2D eigenvalue weighted by atomic mass is 10.1. The molecule has 5 aromatic rings. The van der Waals surface area contributed by atoms with E-state index in [0.29, 0.717) is 11.0 Å². The minimum absolute atomic E-state index is 0.139. The van der Waals surface area contributed by atoms with Gasteiger partial charge < -0.3 is 4.74 Å². The lowest BCUT2D eigenvalue weighted by Crippen LogP contribution is -2.20. The van der Waals surface area contributed by atoms with Crippen LogP contribution in [-0.2, 0) is 4.79 Å². The van der Waals surface area contributed by atoms with Gasteiger partial charge in [-0.2, -0.15) is 5.10 Å². The van der Waals surface area contributed by atoms with E-state index in [4.69, 9.17) is 4.74 Å². The van der Waals surface area contributed by atoms with E-state index in [-0.39, 0.29) is 11.7 Å². The lowest BCUT2D eigenvalue weighted by Gasteiger charge is -2.10. The van der Waals surface area contributed by atoms with Crippen LogP contribution >= 0.6 is 11.8 Å². The van der Waals surface area contributed by atoms with Crippen LogP contribution in [0.15, 0.2) is 107 Å². The number of methoxy groups -OCH3 is 1. The molecule has 178 valence electrons. The van der Waals surface area contributed by atoms with Gasteiger partial charge in [0.2, 0.25) is 0 Å². The summed E-state index contributed by atoms with van der Waals surface area (Å²) in [5.74, 6) is 1.35. The van der Waals surface area contributed by atoms with Gasteiger partial charge in [-0.1, -0.05) is 72.4 Å². The molecule has 7 nitrogen and oxygen atoms in total. The molecule has 8 heteroatoms. The number of aromatic nitrogens is 3. The smallest absolute Gasteiger partial charge is 0.250 e. The molecule has 1 heterocycles.